The van der Waals surface area contributed by atoms with Crippen LogP contribution in [-0.4, -0.2) is 50.8 Å². The second-order valence-corrected chi connectivity index (χ2v) is 9.29. The third kappa shape index (κ3) is 5.07. The number of sulfonamides is 1. The van der Waals surface area contributed by atoms with Crippen molar-refractivity contribution in [2.75, 3.05) is 21.2 Å². The van der Waals surface area contributed by atoms with Gasteiger partial charge in [-0.2, -0.15) is 4.31 Å². The van der Waals surface area contributed by atoms with Crippen LogP contribution >= 0.6 is 11.6 Å². The number of hydrogen-bond donors (Lipinski definition) is 0. The fraction of sp³-hybridized carbons (Fsp3) is 0.350. The van der Waals surface area contributed by atoms with Crippen LogP contribution in [0.5, 0.6) is 5.75 Å². The van der Waals surface area contributed by atoms with Gasteiger partial charge in [-0.1, -0.05) is 17.7 Å². The molecule has 158 valence electrons. The molecule has 0 bridgehead atoms. The van der Waals surface area contributed by atoms with Crippen molar-refractivity contribution in [1.82, 2.24) is 9.21 Å². The molecule has 0 unspecified atom stereocenters. The molecule has 0 saturated carbocycles. The molecule has 2 rings (SSSR count). The molecule has 0 aromatic heterocycles. The summed E-state index contributed by atoms with van der Waals surface area (Å²) in [5.74, 6) is -0.901. The summed E-state index contributed by atoms with van der Waals surface area (Å²) in [6.07, 6.45) is 0. The van der Waals surface area contributed by atoms with Gasteiger partial charge in [0.15, 0.2) is 11.6 Å². The summed E-state index contributed by atoms with van der Waals surface area (Å²) in [6.45, 7) is 3.61. The maximum absolute atomic E-state index is 13.9. The van der Waals surface area contributed by atoms with Crippen molar-refractivity contribution in [1.29, 1.82) is 0 Å². The number of nitrogens with zero attached hydrogens (tertiary/aromatic N) is 2. The minimum atomic E-state index is -3.77. The molecule has 9 heteroatoms. The molecule has 0 saturated heterocycles. The van der Waals surface area contributed by atoms with Crippen LogP contribution in [0.25, 0.3) is 0 Å². The van der Waals surface area contributed by atoms with E-state index in [1.54, 1.807) is 19.9 Å². The van der Waals surface area contributed by atoms with Gasteiger partial charge in [0.1, 0.15) is 0 Å². The third-order valence-electron chi connectivity index (χ3n) is 4.56. The Morgan fingerprint density at radius 1 is 1.17 bits per heavy atom. The van der Waals surface area contributed by atoms with Crippen LogP contribution in [0, 0.1) is 5.82 Å². The quantitative estimate of drug-likeness (QED) is 0.654. The number of hydrogen-bond acceptors (Lipinski definition) is 4. The molecule has 0 radical (unpaired) electrons. The molecule has 29 heavy (non-hydrogen) atoms. The van der Waals surface area contributed by atoms with Crippen LogP contribution in [-0.2, 0) is 16.6 Å². The highest BCUT2D eigenvalue weighted by molar-refractivity contribution is 7.89. The molecule has 0 fully saturated rings. The number of halogens is 2. The molecule has 0 N–H and O–H groups in total. The highest BCUT2D eigenvalue weighted by Crippen LogP contribution is 2.25. The Morgan fingerprint density at radius 3 is 2.38 bits per heavy atom. The Balaban J connectivity index is 2.31. The molecular weight excluding hydrogens is 419 g/mol. The minimum absolute atomic E-state index is 0.0228. The van der Waals surface area contributed by atoms with Gasteiger partial charge in [-0.3, -0.25) is 4.79 Å². The van der Waals surface area contributed by atoms with Crippen molar-refractivity contribution >= 4 is 27.5 Å². The average molecular weight is 443 g/mol. The summed E-state index contributed by atoms with van der Waals surface area (Å²) in [7, 11) is 0.603. The molecular formula is C20H24ClFN2O4S. The van der Waals surface area contributed by atoms with Crippen LogP contribution in [0.15, 0.2) is 41.3 Å². The topological polar surface area (TPSA) is 66.9 Å². The molecule has 0 spiro atoms. The van der Waals surface area contributed by atoms with E-state index in [9.17, 15) is 17.6 Å². The Kier molecular flexibility index (Phi) is 7.26. The molecule has 0 heterocycles. The van der Waals surface area contributed by atoms with E-state index in [4.69, 9.17) is 16.3 Å². The fourth-order valence-corrected chi connectivity index (χ4v) is 4.22. The standard InChI is InChI=1S/C20H24ClFN2O4S/c1-13(2)24(4)29(26,27)15-7-8-17(21)16(11-15)20(25)23(3)12-14-6-9-19(28-5)18(22)10-14/h6-11,13H,12H2,1-5H3. The smallest absolute Gasteiger partial charge is 0.255 e. The summed E-state index contributed by atoms with van der Waals surface area (Å²) in [5.41, 5.74) is 0.611. The molecule has 2 aromatic carbocycles. The zero-order valence-electron chi connectivity index (χ0n) is 16.9. The van der Waals surface area contributed by atoms with Crippen LogP contribution in [0.1, 0.15) is 29.8 Å². The lowest BCUT2D eigenvalue weighted by atomic mass is 10.1. The van der Waals surface area contributed by atoms with E-state index >= 15 is 0 Å². The van der Waals surface area contributed by atoms with Gasteiger partial charge in [-0.05, 0) is 49.7 Å². The van der Waals surface area contributed by atoms with E-state index in [0.29, 0.717) is 5.56 Å². The first-order chi connectivity index (χ1) is 13.5. The molecule has 0 atom stereocenters. The van der Waals surface area contributed by atoms with Gasteiger partial charge in [0.05, 0.1) is 22.6 Å². The van der Waals surface area contributed by atoms with Crippen molar-refractivity contribution in [3.63, 3.8) is 0 Å². The Hall–Kier alpha value is -2.16. The first-order valence-electron chi connectivity index (χ1n) is 8.84. The van der Waals surface area contributed by atoms with Gasteiger partial charge in [0.25, 0.3) is 5.91 Å². The number of carbonyl (C=O) groups excluding carboxylic acids is 1. The predicted molar refractivity (Wildman–Crippen MR) is 110 cm³/mol. The first kappa shape index (κ1) is 23.1. The van der Waals surface area contributed by atoms with Gasteiger partial charge in [0, 0.05) is 26.7 Å². The second kappa shape index (κ2) is 9.11. The average Bonchev–Trinajstić information content (AvgIpc) is 2.67. The Morgan fingerprint density at radius 2 is 1.83 bits per heavy atom. The Labute approximate surface area is 175 Å². The predicted octanol–water partition coefficient (Wildman–Crippen LogP) is 3.79. The number of amides is 1. The van der Waals surface area contributed by atoms with E-state index in [0.717, 1.165) is 0 Å². The lowest BCUT2D eigenvalue weighted by Gasteiger charge is -2.22. The highest BCUT2D eigenvalue weighted by atomic mass is 35.5. The minimum Gasteiger partial charge on any atom is -0.494 e. The molecule has 0 aliphatic rings. The maximum Gasteiger partial charge on any atom is 0.255 e. The number of rotatable bonds is 7. The van der Waals surface area contributed by atoms with E-state index in [1.165, 1.54) is 60.7 Å². The fourth-order valence-electron chi connectivity index (χ4n) is 2.63. The first-order valence-corrected chi connectivity index (χ1v) is 10.7. The van der Waals surface area contributed by atoms with E-state index < -0.39 is 21.7 Å². The van der Waals surface area contributed by atoms with Crippen molar-refractivity contribution in [3.8, 4) is 5.75 Å². The van der Waals surface area contributed by atoms with Gasteiger partial charge >= 0.3 is 0 Å². The van der Waals surface area contributed by atoms with Crippen molar-refractivity contribution in [2.24, 2.45) is 0 Å². The second-order valence-electron chi connectivity index (χ2n) is 6.89. The lowest BCUT2D eigenvalue weighted by Crippen LogP contribution is -2.33. The van der Waals surface area contributed by atoms with Crippen LogP contribution in [0.2, 0.25) is 5.02 Å². The van der Waals surface area contributed by atoms with Crippen molar-refractivity contribution in [2.45, 2.75) is 31.3 Å². The highest BCUT2D eigenvalue weighted by Gasteiger charge is 2.26. The SMILES string of the molecule is COc1ccc(CN(C)C(=O)c2cc(S(=O)(=O)N(C)C(C)C)ccc2Cl)cc1F. The summed E-state index contributed by atoms with van der Waals surface area (Å²) in [5, 5.41) is 0.133. The Bertz CT molecular complexity index is 1010. The van der Waals surface area contributed by atoms with Crippen molar-refractivity contribution < 1.29 is 22.3 Å². The van der Waals surface area contributed by atoms with E-state index in [2.05, 4.69) is 0 Å². The maximum atomic E-state index is 13.9. The number of carbonyl (C=O) groups is 1. The third-order valence-corrected chi connectivity index (χ3v) is 6.91. The normalized spacial score (nSPS) is 11.8. The summed E-state index contributed by atoms with van der Waals surface area (Å²) in [4.78, 5) is 14.2. The molecule has 1 amide bonds. The summed E-state index contributed by atoms with van der Waals surface area (Å²) >= 11 is 6.16. The van der Waals surface area contributed by atoms with E-state index in [-0.39, 0.29) is 33.8 Å². The van der Waals surface area contributed by atoms with Gasteiger partial charge < -0.3 is 9.64 Å². The van der Waals surface area contributed by atoms with E-state index in [1.807, 2.05) is 0 Å². The molecule has 0 aliphatic carbocycles. The molecule has 2 aromatic rings. The van der Waals surface area contributed by atoms with Gasteiger partial charge in [0.2, 0.25) is 10.0 Å². The number of ether oxygens (including phenoxy) is 1. The zero-order chi connectivity index (χ0) is 21.9. The van der Waals surface area contributed by atoms with Crippen LogP contribution in [0.3, 0.4) is 0 Å². The van der Waals surface area contributed by atoms with Gasteiger partial charge in [-0.25, -0.2) is 12.8 Å². The van der Waals surface area contributed by atoms with Gasteiger partial charge in [-0.15, -0.1) is 0 Å². The number of methoxy groups -OCH3 is 1. The summed E-state index contributed by atoms with van der Waals surface area (Å²) in [6, 6.07) is 8.18. The largest absolute Gasteiger partial charge is 0.494 e. The van der Waals surface area contributed by atoms with Crippen molar-refractivity contribution in [3.05, 3.63) is 58.4 Å². The number of benzene rings is 2. The lowest BCUT2D eigenvalue weighted by molar-refractivity contribution is 0.0785. The zero-order valence-corrected chi connectivity index (χ0v) is 18.5. The molecule has 0 aliphatic heterocycles. The molecule has 6 nitrogen and oxygen atoms in total. The van der Waals surface area contributed by atoms with Crippen LogP contribution in [0.4, 0.5) is 4.39 Å². The van der Waals surface area contributed by atoms with Crippen LogP contribution < -0.4 is 4.74 Å². The monoisotopic (exact) mass is 442 g/mol. The summed E-state index contributed by atoms with van der Waals surface area (Å²) < 4.78 is 45.4.